The van der Waals surface area contributed by atoms with Crippen LogP contribution in [0.5, 0.6) is 0 Å². The van der Waals surface area contributed by atoms with Crippen molar-refractivity contribution in [1.29, 1.82) is 0 Å². The Morgan fingerprint density at radius 3 is 2.73 bits per heavy atom. The van der Waals surface area contributed by atoms with Gasteiger partial charge in [0.1, 0.15) is 16.1 Å². The third-order valence-corrected chi connectivity index (χ3v) is 6.02. The van der Waals surface area contributed by atoms with Crippen LogP contribution >= 0.6 is 11.3 Å². The topological polar surface area (TPSA) is 90.6 Å². The molecule has 0 aliphatic rings. The number of rotatable bonds is 3. The standard InChI is InChI=1S/C22H15N3O4S/c1-12-9-13(2)18(25(27)28)11-15(12)19-8-7-14(29-19)10-20-21(26)24-17-6-4-3-5-16(17)23-22(24)30-20/h3-11H,1-2H3. The normalized spacial score (nSPS) is 12.3. The van der Waals surface area contributed by atoms with Gasteiger partial charge in [0.05, 0.1) is 16.0 Å². The van der Waals surface area contributed by atoms with Crippen LogP contribution in [0.3, 0.4) is 0 Å². The van der Waals surface area contributed by atoms with Crippen molar-refractivity contribution in [2.24, 2.45) is 0 Å². The predicted molar refractivity (Wildman–Crippen MR) is 116 cm³/mol. The second-order valence-corrected chi connectivity index (χ2v) is 8.06. The van der Waals surface area contributed by atoms with Gasteiger partial charge in [-0.2, -0.15) is 0 Å². The predicted octanol–water partition coefficient (Wildman–Crippen LogP) is 4.24. The molecule has 3 heterocycles. The van der Waals surface area contributed by atoms with Crippen molar-refractivity contribution in [2.45, 2.75) is 13.8 Å². The zero-order chi connectivity index (χ0) is 21.0. The average Bonchev–Trinajstić information content (AvgIpc) is 3.38. The van der Waals surface area contributed by atoms with E-state index in [-0.39, 0.29) is 11.2 Å². The maximum absolute atomic E-state index is 12.9. The van der Waals surface area contributed by atoms with E-state index in [9.17, 15) is 14.9 Å². The van der Waals surface area contributed by atoms with Crippen LogP contribution in [-0.4, -0.2) is 14.3 Å². The molecule has 3 aromatic heterocycles. The van der Waals surface area contributed by atoms with Crippen LogP contribution in [0.15, 0.2) is 57.7 Å². The van der Waals surface area contributed by atoms with E-state index < -0.39 is 4.92 Å². The Bertz CT molecular complexity index is 1580. The van der Waals surface area contributed by atoms with Crippen LogP contribution in [-0.2, 0) is 0 Å². The number of thiazole rings is 1. The van der Waals surface area contributed by atoms with E-state index in [0.29, 0.717) is 32.1 Å². The SMILES string of the molecule is Cc1cc(C)c([N+](=O)[O-])cc1-c1ccc(C=c2sc3nc4ccccc4n3c2=O)o1. The van der Waals surface area contributed by atoms with Gasteiger partial charge in [-0.1, -0.05) is 23.5 Å². The zero-order valence-corrected chi connectivity index (χ0v) is 16.9. The van der Waals surface area contributed by atoms with Gasteiger partial charge in [0.2, 0.25) is 0 Å². The number of fused-ring (bicyclic) bond motifs is 3. The molecular weight excluding hydrogens is 402 g/mol. The highest BCUT2D eigenvalue weighted by Gasteiger charge is 2.17. The lowest BCUT2D eigenvalue weighted by molar-refractivity contribution is -0.385. The number of aryl methyl sites for hydroxylation is 2. The van der Waals surface area contributed by atoms with Crippen molar-refractivity contribution in [3.63, 3.8) is 0 Å². The molecule has 30 heavy (non-hydrogen) atoms. The first-order chi connectivity index (χ1) is 14.4. The van der Waals surface area contributed by atoms with Crippen LogP contribution in [0.1, 0.15) is 16.9 Å². The van der Waals surface area contributed by atoms with E-state index in [1.807, 2.05) is 31.2 Å². The van der Waals surface area contributed by atoms with Crippen LogP contribution in [0.25, 0.3) is 33.4 Å². The Labute approximate surface area is 173 Å². The number of hydrogen-bond donors (Lipinski definition) is 0. The van der Waals surface area contributed by atoms with Crippen LogP contribution in [0.4, 0.5) is 5.69 Å². The molecule has 5 rings (SSSR count). The van der Waals surface area contributed by atoms with Gasteiger partial charge in [0, 0.05) is 23.3 Å². The third-order valence-electron chi connectivity index (χ3n) is 5.05. The number of nitrogens with zero attached hydrogens (tertiary/aromatic N) is 3. The van der Waals surface area contributed by atoms with Gasteiger partial charge < -0.3 is 4.42 Å². The first-order valence-electron chi connectivity index (χ1n) is 9.20. The first kappa shape index (κ1) is 18.3. The zero-order valence-electron chi connectivity index (χ0n) is 16.1. The minimum absolute atomic E-state index is 0.0470. The molecule has 0 N–H and O–H groups in total. The maximum Gasteiger partial charge on any atom is 0.275 e. The van der Waals surface area contributed by atoms with E-state index in [1.165, 1.54) is 17.4 Å². The van der Waals surface area contributed by atoms with Gasteiger partial charge in [-0.15, -0.1) is 0 Å². The number of furan rings is 1. The number of para-hydroxylation sites is 2. The second kappa shape index (κ2) is 6.64. The number of nitro benzene ring substituents is 1. The molecule has 5 aromatic rings. The second-order valence-electron chi connectivity index (χ2n) is 7.05. The van der Waals surface area contributed by atoms with Gasteiger partial charge in [-0.25, -0.2) is 9.38 Å². The lowest BCUT2D eigenvalue weighted by atomic mass is 10.0. The summed E-state index contributed by atoms with van der Waals surface area (Å²) in [6, 6.07) is 14.3. The molecule has 0 aliphatic carbocycles. The van der Waals surface area contributed by atoms with E-state index in [0.717, 1.165) is 16.6 Å². The lowest BCUT2D eigenvalue weighted by Gasteiger charge is -2.05. The Morgan fingerprint density at radius 1 is 1.13 bits per heavy atom. The smallest absolute Gasteiger partial charge is 0.275 e. The van der Waals surface area contributed by atoms with Gasteiger partial charge in [0.25, 0.3) is 11.2 Å². The molecular formula is C22H15N3O4S. The molecule has 148 valence electrons. The fourth-order valence-corrected chi connectivity index (χ4v) is 4.59. The maximum atomic E-state index is 12.9. The number of imidazole rings is 1. The number of hydrogen-bond acceptors (Lipinski definition) is 6. The van der Waals surface area contributed by atoms with Crippen LogP contribution < -0.4 is 10.1 Å². The molecule has 2 aromatic carbocycles. The molecule has 0 unspecified atom stereocenters. The lowest BCUT2D eigenvalue weighted by Crippen LogP contribution is -2.22. The summed E-state index contributed by atoms with van der Waals surface area (Å²) < 4.78 is 8.01. The fourth-order valence-electron chi connectivity index (χ4n) is 3.62. The molecule has 0 amide bonds. The first-order valence-corrected chi connectivity index (χ1v) is 10.0. The Hall–Kier alpha value is -3.78. The van der Waals surface area contributed by atoms with Crippen molar-refractivity contribution >= 4 is 39.1 Å². The molecule has 7 nitrogen and oxygen atoms in total. The van der Waals surface area contributed by atoms with E-state index in [4.69, 9.17) is 4.42 Å². The highest BCUT2D eigenvalue weighted by atomic mass is 32.1. The van der Waals surface area contributed by atoms with Crippen LogP contribution in [0.2, 0.25) is 0 Å². The highest BCUT2D eigenvalue weighted by Crippen LogP contribution is 2.31. The molecule has 0 bridgehead atoms. The molecule has 0 radical (unpaired) electrons. The molecule has 8 heteroatoms. The van der Waals surface area contributed by atoms with Gasteiger partial charge >= 0.3 is 0 Å². The molecule has 0 aliphatic heterocycles. The Kier molecular flexibility index (Phi) is 4.04. The summed E-state index contributed by atoms with van der Waals surface area (Å²) in [6.07, 6.45) is 1.68. The summed E-state index contributed by atoms with van der Waals surface area (Å²) in [5.74, 6) is 1.01. The Balaban J connectivity index is 1.61. The highest BCUT2D eigenvalue weighted by molar-refractivity contribution is 7.15. The number of benzene rings is 2. The Morgan fingerprint density at radius 2 is 1.93 bits per heavy atom. The molecule has 0 saturated carbocycles. The number of nitro groups is 1. The van der Waals surface area contributed by atoms with E-state index >= 15 is 0 Å². The largest absolute Gasteiger partial charge is 0.457 e. The summed E-state index contributed by atoms with van der Waals surface area (Å²) in [6.45, 7) is 3.59. The van der Waals surface area contributed by atoms with Gasteiger partial charge in [-0.3, -0.25) is 14.9 Å². The molecule has 0 saturated heterocycles. The van der Waals surface area contributed by atoms with Gasteiger partial charge in [-0.05, 0) is 49.7 Å². The quantitative estimate of drug-likeness (QED) is 0.323. The monoisotopic (exact) mass is 417 g/mol. The van der Waals surface area contributed by atoms with Crippen molar-refractivity contribution < 1.29 is 9.34 Å². The van der Waals surface area contributed by atoms with E-state index in [1.54, 1.807) is 35.6 Å². The third kappa shape index (κ3) is 2.81. The molecule has 0 atom stereocenters. The van der Waals surface area contributed by atoms with Crippen LogP contribution in [0, 0.1) is 24.0 Å². The van der Waals surface area contributed by atoms with Crippen molar-refractivity contribution in [2.75, 3.05) is 0 Å². The van der Waals surface area contributed by atoms with Crippen molar-refractivity contribution in [3.8, 4) is 11.3 Å². The summed E-state index contributed by atoms with van der Waals surface area (Å²) in [4.78, 5) is 28.9. The average molecular weight is 417 g/mol. The molecule has 0 fully saturated rings. The summed E-state index contributed by atoms with van der Waals surface area (Å²) in [5.41, 5.74) is 3.59. The van der Waals surface area contributed by atoms with Crippen molar-refractivity contribution in [3.05, 3.63) is 90.4 Å². The summed E-state index contributed by atoms with van der Waals surface area (Å²) in [7, 11) is 0. The van der Waals surface area contributed by atoms with Crippen molar-refractivity contribution in [1.82, 2.24) is 9.38 Å². The number of aromatic nitrogens is 2. The summed E-state index contributed by atoms with van der Waals surface area (Å²) in [5, 5.41) is 11.3. The van der Waals surface area contributed by atoms with E-state index in [2.05, 4.69) is 4.98 Å². The summed E-state index contributed by atoms with van der Waals surface area (Å²) >= 11 is 1.30. The fraction of sp³-hybridized carbons (Fsp3) is 0.0909. The minimum Gasteiger partial charge on any atom is -0.457 e. The van der Waals surface area contributed by atoms with Gasteiger partial charge in [0.15, 0.2) is 4.96 Å². The minimum atomic E-state index is -0.399. The molecule has 0 spiro atoms.